The van der Waals surface area contributed by atoms with Crippen LogP contribution in [0, 0.1) is 0 Å². The second kappa shape index (κ2) is 12.5. The number of ether oxygens (including phenoxy) is 2. The van der Waals surface area contributed by atoms with Crippen molar-refractivity contribution in [3.05, 3.63) is 89.5 Å². The summed E-state index contributed by atoms with van der Waals surface area (Å²) in [5, 5.41) is 6.50. The molecule has 0 aliphatic heterocycles. The number of benzene rings is 2. The van der Waals surface area contributed by atoms with E-state index in [1.165, 1.54) is 12.5 Å². The van der Waals surface area contributed by atoms with E-state index in [1.54, 1.807) is 37.4 Å². The van der Waals surface area contributed by atoms with E-state index in [1.807, 2.05) is 30.3 Å². The second-order valence-electron chi connectivity index (χ2n) is 7.12. The molecule has 0 saturated heterocycles. The third-order valence-corrected chi connectivity index (χ3v) is 4.61. The molecule has 3 aromatic rings. The zero-order chi connectivity index (χ0) is 24.2. The molecule has 1 atom stereocenters. The minimum absolute atomic E-state index is 0.0744. The first-order valence-corrected chi connectivity index (χ1v) is 10.6. The molecule has 176 valence electrons. The number of carbonyl (C=O) groups excluding carboxylic acids is 3. The SMILES string of the molecule is CCOC(=O)c1ccc(/C=N\NC(=O)[C@H](Cc2cnc[nH]2)NC(=O)OCc2ccccc2)cc1. The van der Waals surface area contributed by atoms with Crippen LogP contribution in [0.25, 0.3) is 0 Å². The number of hydrogen-bond acceptors (Lipinski definition) is 7. The lowest BCUT2D eigenvalue weighted by molar-refractivity contribution is -0.123. The predicted octanol–water partition coefficient (Wildman–Crippen LogP) is 2.57. The van der Waals surface area contributed by atoms with Crippen LogP contribution >= 0.6 is 0 Å². The number of hydrogen-bond donors (Lipinski definition) is 3. The molecule has 3 N–H and O–H groups in total. The number of hydrazone groups is 1. The number of nitrogens with one attached hydrogen (secondary N) is 3. The van der Waals surface area contributed by atoms with E-state index >= 15 is 0 Å². The number of aromatic amines is 1. The highest BCUT2D eigenvalue weighted by atomic mass is 16.5. The monoisotopic (exact) mass is 463 g/mol. The molecule has 0 aliphatic rings. The summed E-state index contributed by atoms with van der Waals surface area (Å²) in [5.41, 5.74) is 4.97. The molecule has 3 rings (SSSR count). The van der Waals surface area contributed by atoms with Gasteiger partial charge in [0.25, 0.3) is 5.91 Å². The van der Waals surface area contributed by atoms with Crippen molar-refractivity contribution < 1.29 is 23.9 Å². The molecular formula is C24H25N5O5. The Morgan fingerprint density at radius 3 is 2.53 bits per heavy atom. The lowest BCUT2D eigenvalue weighted by atomic mass is 10.1. The summed E-state index contributed by atoms with van der Waals surface area (Å²) in [6.45, 7) is 2.10. The van der Waals surface area contributed by atoms with Crippen molar-refractivity contribution in [2.24, 2.45) is 5.10 Å². The Kier molecular flexibility index (Phi) is 8.92. The van der Waals surface area contributed by atoms with Crippen LogP contribution in [0.15, 0.2) is 72.2 Å². The molecule has 0 fully saturated rings. The number of carbonyl (C=O) groups is 3. The van der Waals surface area contributed by atoms with Gasteiger partial charge in [0.15, 0.2) is 0 Å². The van der Waals surface area contributed by atoms with Crippen LogP contribution in [0.5, 0.6) is 0 Å². The first-order chi connectivity index (χ1) is 16.5. The maximum Gasteiger partial charge on any atom is 0.408 e. The number of alkyl carbamates (subject to hydrolysis) is 1. The Morgan fingerprint density at radius 2 is 1.85 bits per heavy atom. The van der Waals surface area contributed by atoms with Gasteiger partial charge in [-0.15, -0.1) is 0 Å². The predicted molar refractivity (Wildman–Crippen MR) is 124 cm³/mol. The van der Waals surface area contributed by atoms with Gasteiger partial charge >= 0.3 is 12.1 Å². The summed E-state index contributed by atoms with van der Waals surface area (Å²) in [4.78, 5) is 43.5. The second-order valence-corrected chi connectivity index (χ2v) is 7.12. The molecule has 0 bridgehead atoms. The van der Waals surface area contributed by atoms with Crippen LogP contribution in [-0.4, -0.2) is 46.8 Å². The van der Waals surface area contributed by atoms with Crippen LogP contribution in [-0.2, 0) is 27.3 Å². The molecule has 2 amide bonds. The maximum absolute atomic E-state index is 12.7. The Hall–Kier alpha value is -4.47. The summed E-state index contributed by atoms with van der Waals surface area (Å²) >= 11 is 0. The molecule has 10 heteroatoms. The van der Waals surface area contributed by atoms with E-state index in [-0.39, 0.29) is 13.0 Å². The Morgan fingerprint density at radius 1 is 1.09 bits per heavy atom. The minimum Gasteiger partial charge on any atom is -0.462 e. The van der Waals surface area contributed by atoms with Crippen molar-refractivity contribution in [1.29, 1.82) is 0 Å². The van der Waals surface area contributed by atoms with Crippen molar-refractivity contribution >= 4 is 24.2 Å². The summed E-state index contributed by atoms with van der Waals surface area (Å²) in [5.74, 6) is -0.947. The third kappa shape index (κ3) is 7.59. The zero-order valence-corrected chi connectivity index (χ0v) is 18.6. The topological polar surface area (TPSA) is 135 Å². The summed E-state index contributed by atoms with van der Waals surface area (Å²) in [7, 11) is 0. The van der Waals surface area contributed by atoms with Crippen molar-refractivity contribution in [1.82, 2.24) is 20.7 Å². The lowest BCUT2D eigenvalue weighted by Crippen LogP contribution is -2.47. The van der Waals surface area contributed by atoms with Crippen molar-refractivity contribution in [3.63, 3.8) is 0 Å². The lowest BCUT2D eigenvalue weighted by Gasteiger charge is -2.16. The molecule has 34 heavy (non-hydrogen) atoms. The van der Waals surface area contributed by atoms with E-state index in [2.05, 4.69) is 25.8 Å². The molecule has 0 aliphatic carbocycles. The number of nitrogens with zero attached hydrogens (tertiary/aromatic N) is 2. The number of aromatic nitrogens is 2. The smallest absolute Gasteiger partial charge is 0.408 e. The largest absolute Gasteiger partial charge is 0.462 e. The van der Waals surface area contributed by atoms with E-state index in [0.717, 1.165) is 5.56 Å². The van der Waals surface area contributed by atoms with Gasteiger partial charge in [-0.1, -0.05) is 42.5 Å². The highest BCUT2D eigenvalue weighted by Crippen LogP contribution is 2.05. The van der Waals surface area contributed by atoms with Gasteiger partial charge in [0, 0.05) is 18.3 Å². The number of rotatable bonds is 10. The Bertz CT molecular complexity index is 1100. The number of H-pyrrole nitrogens is 1. The zero-order valence-electron chi connectivity index (χ0n) is 18.6. The van der Waals surface area contributed by atoms with Crippen molar-refractivity contribution in [3.8, 4) is 0 Å². The van der Waals surface area contributed by atoms with Crippen LogP contribution in [0.3, 0.4) is 0 Å². The van der Waals surface area contributed by atoms with Gasteiger partial charge in [0.05, 0.1) is 24.7 Å². The number of imidazole rings is 1. The van der Waals surface area contributed by atoms with Crippen LogP contribution in [0.1, 0.15) is 34.1 Å². The molecule has 0 unspecified atom stereocenters. The van der Waals surface area contributed by atoms with Crippen molar-refractivity contribution in [2.75, 3.05) is 6.61 Å². The number of amides is 2. The molecule has 0 spiro atoms. The first-order valence-electron chi connectivity index (χ1n) is 10.6. The molecule has 0 radical (unpaired) electrons. The van der Waals surface area contributed by atoms with Gasteiger partial charge in [0.2, 0.25) is 0 Å². The van der Waals surface area contributed by atoms with Gasteiger partial charge in [-0.25, -0.2) is 20.0 Å². The van der Waals surface area contributed by atoms with Gasteiger partial charge < -0.3 is 19.8 Å². The molecule has 10 nitrogen and oxygen atoms in total. The van der Waals surface area contributed by atoms with E-state index in [0.29, 0.717) is 23.4 Å². The fraction of sp³-hybridized carbons (Fsp3) is 0.208. The molecule has 2 aromatic carbocycles. The molecule has 1 aromatic heterocycles. The molecule has 0 saturated carbocycles. The Labute approximate surface area is 196 Å². The van der Waals surface area contributed by atoms with Gasteiger partial charge in [-0.05, 0) is 30.2 Å². The summed E-state index contributed by atoms with van der Waals surface area (Å²) < 4.78 is 10.2. The summed E-state index contributed by atoms with van der Waals surface area (Å²) in [6, 6.07) is 14.8. The quantitative estimate of drug-likeness (QED) is 0.240. The van der Waals surface area contributed by atoms with Gasteiger partial charge in [-0.3, -0.25) is 4.79 Å². The van der Waals surface area contributed by atoms with E-state index < -0.39 is 24.0 Å². The van der Waals surface area contributed by atoms with Crippen LogP contribution in [0.2, 0.25) is 0 Å². The Balaban J connectivity index is 1.57. The average molecular weight is 463 g/mol. The van der Waals surface area contributed by atoms with Crippen molar-refractivity contribution in [2.45, 2.75) is 26.0 Å². The highest BCUT2D eigenvalue weighted by Gasteiger charge is 2.22. The van der Waals surface area contributed by atoms with E-state index in [9.17, 15) is 14.4 Å². The van der Waals surface area contributed by atoms with Crippen LogP contribution in [0.4, 0.5) is 4.79 Å². The normalized spacial score (nSPS) is 11.6. The van der Waals surface area contributed by atoms with Gasteiger partial charge in [0.1, 0.15) is 12.6 Å². The third-order valence-electron chi connectivity index (χ3n) is 4.61. The summed E-state index contributed by atoms with van der Waals surface area (Å²) in [6.07, 6.45) is 3.90. The van der Waals surface area contributed by atoms with Gasteiger partial charge in [-0.2, -0.15) is 5.10 Å². The first kappa shape index (κ1) is 24.2. The average Bonchev–Trinajstić information content (AvgIpc) is 3.37. The number of esters is 1. The molecular weight excluding hydrogens is 438 g/mol. The highest BCUT2D eigenvalue weighted by molar-refractivity contribution is 5.91. The standard InChI is InChI=1S/C24H25N5O5/c1-2-33-23(31)19-10-8-17(9-11-19)13-27-29-22(30)21(12-20-14-25-16-26-20)28-24(32)34-15-18-6-4-3-5-7-18/h3-11,13-14,16,21H,2,12,15H2,1H3,(H,25,26)(H,28,32)(H,29,30)/b27-13-/t21-/m0/s1. The minimum atomic E-state index is -0.952. The fourth-order valence-electron chi connectivity index (χ4n) is 2.90. The fourth-order valence-corrected chi connectivity index (χ4v) is 2.90. The van der Waals surface area contributed by atoms with E-state index in [4.69, 9.17) is 9.47 Å². The van der Waals surface area contributed by atoms with Crippen LogP contribution < -0.4 is 10.7 Å². The maximum atomic E-state index is 12.7. The molecule has 1 heterocycles.